The molecule has 0 aliphatic rings. The third kappa shape index (κ3) is 7.87. The highest BCUT2D eigenvalue weighted by atomic mass is 16.5. The Morgan fingerprint density at radius 3 is 1.62 bits per heavy atom. The van der Waals surface area contributed by atoms with Crippen LogP contribution in [0.2, 0.25) is 0 Å². The summed E-state index contributed by atoms with van der Waals surface area (Å²) in [7, 11) is 0. The van der Waals surface area contributed by atoms with Crippen LogP contribution < -0.4 is 9.47 Å². The first-order valence-electron chi connectivity index (χ1n) is 12.5. The molecule has 0 atom stereocenters. The van der Waals surface area contributed by atoms with E-state index >= 15 is 0 Å². The van der Waals surface area contributed by atoms with E-state index in [2.05, 4.69) is 91.8 Å². The van der Waals surface area contributed by atoms with Crippen LogP contribution in [0.1, 0.15) is 102 Å². The molecule has 32 heavy (non-hydrogen) atoms. The fourth-order valence-corrected chi connectivity index (χ4v) is 4.04. The van der Waals surface area contributed by atoms with Crippen LogP contribution in [-0.2, 0) is 10.8 Å². The zero-order valence-electron chi connectivity index (χ0n) is 21.9. The highest BCUT2D eigenvalue weighted by Crippen LogP contribution is 2.32. The molecule has 2 rings (SSSR count). The molecular formula is C30H46O2. The average Bonchev–Trinajstić information content (AvgIpc) is 2.71. The Bertz CT molecular complexity index is 842. The lowest BCUT2D eigenvalue weighted by atomic mass is 9.79. The summed E-state index contributed by atoms with van der Waals surface area (Å²) in [5.41, 5.74) is 5.60. The van der Waals surface area contributed by atoms with Gasteiger partial charge in [-0.1, -0.05) is 85.1 Å². The molecule has 0 saturated carbocycles. The molecular weight excluding hydrogens is 392 g/mol. The molecule has 0 bridgehead atoms. The SMILES string of the molecule is CCCCCC(C)(C)c1ccc(OCCCCOc2ccc(C(C)(C)C)cc2C)c(C)c1. The summed E-state index contributed by atoms with van der Waals surface area (Å²) in [5.74, 6) is 2.00. The van der Waals surface area contributed by atoms with E-state index in [1.807, 2.05) is 0 Å². The molecule has 0 spiro atoms. The van der Waals surface area contributed by atoms with E-state index < -0.39 is 0 Å². The van der Waals surface area contributed by atoms with Crippen LogP contribution in [0.5, 0.6) is 11.5 Å². The largest absolute Gasteiger partial charge is 0.493 e. The highest BCUT2D eigenvalue weighted by molar-refractivity contribution is 5.39. The van der Waals surface area contributed by atoms with Crippen molar-refractivity contribution in [2.24, 2.45) is 0 Å². The molecule has 0 heterocycles. The third-order valence-corrected chi connectivity index (χ3v) is 6.46. The fraction of sp³-hybridized carbons (Fsp3) is 0.600. The van der Waals surface area contributed by atoms with Crippen LogP contribution in [0.25, 0.3) is 0 Å². The van der Waals surface area contributed by atoms with E-state index in [9.17, 15) is 0 Å². The molecule has 2 aromatic carbocycles. The minimum absolute atomic E-state index is 0.168. The van der Waals surface area contributed by atoms with E-state index in [0.717, 1.165) is 37.6 Å². The quantitative estimate of drug-likeness (QED) is 0.308. The Balaban J connectivity index is 1.76. The molecule has 0 fully saturated rings. The Kier molecular flexibility index (Phi) is 9.67. The van der Waals surface area contributed by atoms with E-state index in [4.69, 9.17) is 9.47 Å². The number of hydrogen-bond donors (Lipinski definition) is 0. The lowest BCUT2D eigenvalue weighted by Crippen LogP contribution is -2.17. The van der Waals surface area contributed by atoms with Crippen molar-refractivity contribution in [3.05, 3.63) is 58.7 Å². The lowest BCUT2D eigenvalue weighted by molar-refractivity contribution is 0.264. The van der Waals surface area contributed by atoms with Crippen molar-refractivity contribution in [1.29, 1.82) is 0 Å². The molecule has 0 aliphatic heterocycles. The van der Waals surface area contributed by atoms with E-state index in [1.165, 1.54) is 47.9 Å². The zero-order chi connectivity index (χ0) is 23.8. The fourth-order valence-electron chi connectivity index (χ4n) is 4.04. The van der Waals surface area contributed by atoms with Gasteiger partial charge in [0.25, 0.3) is 0 Å². The average molecular weight is 439 g/mol. The Hall–Kier alpha value is -1.96. The van der Waals surface area contributed by atoms with Gasteiger partial charge >= 0.3 is 0 Å². The van der Waals surface area contributed by atoms with Crippen molar-refractivity contribution in [1.82, 2.24) is 0 Å². The second-order valence-electron chi connectivity index (χ2n) is 11.0. The van der Waals surface area contributed by atoms with Crippen molar-refractivity contribution < 1.29 is 9.47 Å². The molecule has 178 valence electrons. The molecule has 0 N–H and O–H groups in total. The summed E-state index contributed by atoms with van der Waals surface area (Å²) in [5, 5.41) is 0. The first-order chi connectivity index (χ1) is 15.0. The maximum Gasteiger partial charge on any atom is 0.122 e. The van der Waals surface area contributed by atoms with Crippen molar-refractivity contribution in [3.8, 4) is 11.5 Å². The van der Waals surface area contributed by atoms with Crippen molar-refractivity contribution in [3.63, 3.8) is 0 Å². The van der Waals surface area contributed by atoms with Gasteiger partial charge in [0.15, 0.2) is 0 Å². The number of unbranched alkanes of at least 4 members (excludes halogenated alkanes) is 3. The molecule has 0 radical (unpaired) electrons. The number of rotatable bonds is 12. The summed E-state index contributed by atoms with van der Waals surface area (Å²) in [6.45, 7) is 19.4. The minimum Gasteiger partial charge on any atom is -0.493 e. The summed E-state index contributed by atoms with van der Waals surface area (Å²) in [4.78, 5) is 0. The molecule has 0 aromatic heterocycles. The van der Waals surface area contributed by atoms with Gasteiger partial charge in [0.1, 0.15) is 11.5 Å². The normalized spacial score (nSPS) is 12.1. The predicted molar refractivity (Wildman–Crippen MR) is 138 cm³/mol. The van der Waals surface area contributed by atoms with E-state index in [1.54, 1.807) is 0 Å². The van der Waals surface area contributed by atoms with Crippen molar-refractivity contribution >= 4 is 0 Å². The summed E-state index contributed by atoms with van der Waals surface area (Å²) < 4.78 is 12.1. The van der Waals surface area contributed by atoms with Gasteiger partial charge in [-0.3, -0.25) is 0 Å². The van der Waals surface area contributed by atoms with E-state index in [0.29, 0.717) is 0 Å². The van der Waals surface area contributed by atoms with Crippen molar-refractivity contribution in [2.75, 3.05) is 13.2 Å². The van der Waals surface area contributed by atoms with Crippen molar-refractivity contribution in [2.45, 2.75) is 105 Å². The molecule has 2 nitrogen and oxygen atoms in total. The zero-order valence-corrected chi connectivity index (χ0v) is 21.9. The van der Waals surface area contributed by atoms with E-state index in [-0.39, 0.29) is 10.8 Å². The lowest BCUT2D eigenvalue weighted by Gasteiger charge is -2.26. The van der Waals surface area contributed by atoms with Crippen LogP contribution in [0.15, 0.2) is 36.4 Å². The first kappa shape index (κ1) is 26.3. The summed E-state index contributed by atoms with van der Waals surface area (Å²) in [6, 6.07) is 13.3. The maximum atomic E-state index is 6.08. The van der Waals surface area contributed by atoms with Gasteiger partial charge < -0.3 is 9.47 Å². The monoisotopic (exact) mass is 438 g/mol. The minimum atomic E-state index is 0.168. The van der Waals surface area contributed by atoms with Gasteiger partial charge in [-0.25, -0.2) is 0 Å². The topological polar surface area (TPSA) is 18.5 Å². The van der Waals surface area contributed by atoms with Gasteiger partial charge in [0.2, 0.25) is 0 Å². The Labute approximate surface area is 197 Å². The van der Waals surface area contributed by atoms with Crippen LogP contribution >= 0.6 is 0 Å². The van der Waals surface area contributed by atoms with Crippen LogP contribution in [0.3, 0.4) is 0 Å². The summed E-state index contributed by atoms with van der Waals surface area (Å²) in [6.07, 6.45) is 7.10. The molecule has 0 amide bonds. The molecule has 2 aromatic rings. The van der Waals surface area contributed by atoms with Crippen LogP contribution in [-0.4, -0.2) is 13.2 Å². The number of aryl methyl sites for hydroxylation is 2. The van der Waals surface area contributed by atoms with Gasteiger partial charge in [-0.15, -0.1) is 0 Å². The second-order valence-corrected chi connectivity index (χ2v) is 11.0. The number of benzene rings is 2. The maximum absolute atomic E-state index is 6.08. The molecule has 2 heteroatoms. The Morgan fingerprint density at radius 1 is 0.656 bits per heavy atom. The van der Waals surface area contributed by atoms with Gasteiger partial charge in [-0.2, -0.15) is 0 Å². The van der Waals surface area contributed by atoms with Gasteiger partial charge in [0.05, 0.1) is 13.2 Å². The van der Waals surface area contributed by atoms with Crippen LogP contribution in [0, 0.1) is 13.8 Å². The number of hydrogen-bond acceptors (Lipinski definition) is 2. The second kappa shape index (κ2) is 11.8. The highest BCUT2D eigenvalue weighted by Gasteiger charge is 2.20. The van der Waals surface area contributed by atoms with Crippen LogP contribution in [0.4, 0.5) is 0 Å². The number of ether oxygens (including phenoxy) is 2. The first-order valence-corrected chi connectivity index (χ1v) is 12.5. The van der Waals surface area contributed by atoms with Gasteiger partial charge in [-0.05, 0) is 78.3 Å². The Morgan fingerprint density at radius 2 is 1.16 bits per heavy atom. The third-order valence-electron chi connectivity index (χ3n) is 6.46. The molecule has 0 aliphatic carbocycles. The molecule has 0 unspecified atom stereocenters. The van der Waals surface area contributed by atoms with Gasteiger partial charge in [0, 0.05) is 0 Å². The standard InChI is InChI=1S/C30H46O2/c1-9-10-11-18-30(7,8)26-15-17-28(24(3)22-26)32-20-13-12-19-31-27-16-14-25(21-23(27)2)29(4,5)6/h14-17,21-22H,9-13,18-20H2,1-8H3. The predicted octanol–water partition coefficient (Wildman–Crippen LogP) is 8.70. The smallest absolute Gasteiger partial charge is 0.122 e. The molecule has 0 saturated heterocycles. The summed E-state index contributed by atoms with van der Waals surface area (Å²) >= 11 is 0.